The molecule has 39 heavy (non-hydrogen) atoms. The third-order valence-corrected chi connectivity index (χ3v) is 6.21. The molecule has 10 nitrogen and oxygen atoms in total. The minimum atomic E-state index is -0.497. The van der Waals surface area contributed by atoms with Crippen LogP contribution in [0.2, 0.25) is 0 Å². The number of phenols is 1. The fraction of sp³-hybridized carbons (Fsp3) is 0.138. The lowest BCUT2D eigenvalue weighted by Crippen LogP contribution is -2.12. The molecule has 2 aromatic heterocycles. The number of hydrogen-bond donors (Lipinski definition) is 2. The van der Waals surface area contributed by atoms with E-state index >= 15 is 0 Å². The first-order chi connectivity index (χ1) is 18.9. The van der Waals surface area contributed by atoms with E-state index in [9.17, 15) is 15.2 Å². The average Bonchev–Trinajstić information content (AvgIpc) is 3.27. The second-order valence-electron chi connectivity index (χ2n) is 9.13. The Morgan fingerprint density at radius 3 is 2.46 bits per heavy atom. The quantitative estimate of drug-likeness (QED) is 0.247. The molecule has 0 unspecified atom stereocenters. The summed E-state index contributed by atoms with van der Waals surface area (Å²) in [5.41, 5.74) is 2.47. The van der Waals surface area contributed by atoms with Gasteiger partial charge in [-0.05, 0) is 48.1 Å². The molecule has 0 saturated heterocycles. The Balaban J connectivity index is 1.58. The monoisotopic (exact) mass is 516 g/mol. The van der Waals surface area contributed by atoms with Crippen LogP contribution in [0.4, 0.5) is 17.2 Å². The van der Waals surface area contributed by atoms with Gasteiger partial charge in [-0.2, -0.15) is 15.0 Å². The minimum Gasteiger partial charge on any atom is -0.505 e. The van der Waals surface area contributed by atoms with Gasteiger partial charge in [-0.25, -0.2) is 9.97 Å². The van der Waals surface area contributed by atoms with Gasteiger partial charge in [-0.3, -0.25) is 4.79 Å². The molecule has 1 amide bonds. The molecule has 2 N–H and O–H groups in total. The van der Waals surface area contributed by atoms with E-state index in [1.165, 1.54) is 4.68 Å². The van der Waals surface area contributed by atoms with Crippen molar-refractivity contribution in [1.29, 1.82) is 5.26 Å². The van der Waals surface area contributed by atoms with Crippen molar-refractivity contribution in [1.82, 2.24) is 19.7 Å². The summed E-state index contributed by atoms with van der Waals surface area (Å²) in [7, 11) is 0. The number of aromatic nitrogens is 4. The summed E-state index contributed by atoms with van der Waals surface area (Å²) >= 11 is 0. The second kappa shape index (κ2) is 10.5. The van der Waals surface area contributed by atoms with E-state index in [2.05, 4.69) is 50.5 Å². The molecule has 10 heteroatoms. The molecule has 5 aromatic rings. The van der Waals surface area contributed by atoms with Crippen LogP contribution < -0.4 is 5.32 Å². The first-order valence-corrected chi connectivity index (χ1v) is 12.2. The lowest BCUT2D eigenvalue weighted by atomic mass is 10.0. The Hall–Kier alpha value is -5.43. The molecule has 0 aliphatic heterocycles. The molecular weight excluding hydrogens is 492 g/mol. The maximum atomic E-state index is 13.2. The van der Waals surface area contributed by atoms with E-state index in [1.807, 2.05) is 36.4 Å². The van der Waals surface area contributed by atoms with Gasteiger partial charge in [0.05, 0.1) is 11.3 Å². The number of aromatic hydroxyl groups is 1. The number of amides is 1. The summed E-state index contributed by atoms with van der Waals surface area (Å²) in [4.78, 5) is 21.6. The molecular formula is C29H24N8O2. The second-order valence-corrected chi connectivity index (χ2v) is 9.13. The summed E-state index contributed by atoms with van der Waals surface area (Å²) in [6.07, 6.45) is 3.09. The lowest BCUT2D eigenvalue weighted by Gasteiger charge is -2.12. The Bertz CT molecular complexity index is 1750. The average molecular weight is 517 g/mol. The topological polar surface area (TPSA) is 141 Å². The normalized spacial score (nSPS) is 11.3. The summed E-state index contributed by atoms with van der Waals surface area (Å²) in [6, 6.07) is 20.1. The number of hydrogen-bond acceptors (Lipinski definition) is 8. The molecule has 2 heterocycles. The van der Waals surface area contributed by atoms with Crippen LogP contribution in [0, 0.1) is 18.3 Å². The smallest absolute Gasteiger partial charge is 0.259 e. The fourth-order valence-electron chi connectivity index (χ4n) is 4.12. The van der Waals surface area contributed by atoms with E-state index < -0.39 is 5.91 Å². The fourth-order valence-corrected chi connectivity index (χ4v) is 4.12. The highest BCUT2D eigenvalue weighted by atomic mass is 16.3. The van der Waals surface area contributed by atoms with Gasteiger partial charge >= 0.3 is 0 Å². The van der Waals surface area contributed by atoms with Gasteiger partial charge in [0.2, 0.25) is 0 Å². The first kappa shape index (κ1) is 25.2. The Labute approximate surface area is 224 Å². The van der Waals surface area contributed by atoms with Gasteiger partial charge in [0.15, 0.2) is 11.6 Å². The van der Waals surface area contributed by atoms with E-state index in [0.717, 1.165) is 5.56 Å². The molecule has 0 fully saturated rings. The third kappa shape index (κ3) is 4.93. The highest BCUT2D eigenvalue weighted by Crippen LogP contribution is 2.40. The van der Waals surface area contributed by atoms with Crippen molar-refractivity contribution in [3.63, 3.8) is 0 Å². The molecule has 0 spiro atoms. The number of carbonyl (C=O) groups is 1. The summed E-state index contributed by atoms with van der Waals surface area (Å²) < 4.78 is 1.31. The number of nitriles is 1. The predicted octanol–water partition coefficient (Wildman–Crippen LogP) is 6.49. The zero-order valence-corrected chi connectivity index (χ0v) is 21.5. The minimum absolute atomic E-state index is 0.0344. The van der Waals surface area contributed by atoms with Crippen molar-refractivity contribution >= 4 is 33.9 Å². The highest BCUT2D eigenvalue weighted by molar-refractivity contribution is 6.11. The number of anilines is 1. The maximum absolute atomic E-state index is 13.2. The van der Waals surface area contributed by atoms with Crippen LogP contribution >= 0.6 is 0 Å². The summed E-state index contributed by atoms with van der Waals surface area (Å²) in [6.45, 7) is 5.86. The number of azo groups is 1. The Morgan fingerprint density at radius 2 is 1.77 bits per heavy atom. The van der Waals surface area contributed by atoms with Gasteiger partial charge in [0.25, 0.3) is 11.9 Å². The Morgan fingerprint density at radius 1 is 1.05 bits per heavy atom. The first-order valence-electron chi connectivity index (χ1n) is 12.2. The molecule has 0 aliphatic rings. The standard InChI is InChI=1S/C29H24N8O2/c1-17(2)19-9-11-21(12-10-19)33-28(39)23-15-20-7-4-5-8-22(20)25(26(23)38)34-35-27-24(16-30)18(3)36-37(27)29-31-13-6-14-32-29/h4-15,17,38H,1-3H3,(H,33,39)/b35-34+. The van der Waals surface area contributed by atoms with Crippen molar-refractivity contribution in [3.8, 4) is 17.8 Å². The largest absolute Gasteiger partial charge is 0.505 e. The number of rotatable bonds is 6. The SMILES string of the molecule is Cc1nn(-c2ncccn2)c(/N=N/c2c(O)c(C(=O)Nc3ccc(C(C)C)cc3)cc3ccccc23)c1C#N. The van der Waals surface area contributed by atoms with Crippen LogP contribution in [0.1, 0.15) is 46.9 Å². The lowest BCUT2D eigenvalue weighted by molar-refractivity contribution is 0.102. The van der Waals surface area contributed by atoms with Crippen LogP contribution in [0.25, 0.3) is 16.7 Å². The number of fused-ring (bicyclic) bond motifs is 1. The van der Waals surface area contributed by atoms with E-state index in [-0.39, 0.29) is 34.3 Å². The van der Waals surface area contributed by atoms with Crippen molar-refractivity contribution in [2.75, 3.05) is 5.32 Å². The van der Waals surface area contributed by atoms with Crippen molar-refractivity contribution < 1.29 is 9.90 Å². The molecule has 0 aliphatic carbocycles. The van der Waals surface area contributed by atoms with Crippen molar-refractivity contribution in [2.24, 2.45) is 10.2 Å². The van der Waals surface area contributed by atoms with Crippen LogP contribution in [0.15, 0.2) is 83.3 Å². The van der Waals surface area contributed by atoms with Gasteiger partial charge < -0.3 is 10.4 Å². The summed E-state index contributed by atoms with van der Waals surface area (Å²) in [5.74, 6) is -0.164. The maximum Gasteiger partial charge on any atom is 0.259 e. The molecule has 0 saturated carbocycles. The number of nitrogens with one attached hydrogen (secondary N) is 1. The zero-order valence-electron chi connectivity index (χ0n) is 21.5. The van der Waals surface area contributed by atoms with E-state index in [4.69, 9.17) is 0 Å². The number of carbonyl (C=O) groups excluding carboxylic acids is 1. The van der Waals surface area contributed by atoms with Gasteiger partial charge in [-0.1, -0.05) is 50.2 Å². The number of nitrogens with zero attached hydrogens (tertiary/aromatic N) is 7. The molecule has 5 rings (SSSR count). The molecule has 0 atom stereocenters. The number of aryl methyl sites for hydroxylation is 1. The van der Waals surface area contributed by atoms with Crippen molar-refractivity contribution in [3.05, 3.63) is 95.4 Å². The molecule has 192 valence electrons. The molecule has 3 aromatic carbocycles. The van der Waals surface area contributed by atoms with E-state index in [1.54, 1.807) is 43.6 Å². The Kier molecular flexibility index (Phi) is 6.80. The zero-order chi connectivity index (χ0) is 27.5. The van der Waals surface area contributed by atoms with Gasteiger partial charge in [-0.15, -0.1) is 10.2 Å². The summed E-state index contributed by atoms with van der Waals surface area (Å²) in [5, 5.41) is 38.0. The predicted molar refractivity (Wildman–Crippen MR) is 147 cm³/mol. The van der Waals surface area contributed by atoms with Crippen molar-refractivity contribution in [2.45, 2.75) is 26.7 Å². The van der Waals surface area contributed by atoms with Gasteiger partial charge in [0.1, 0.15) is 17.3 Å². The van der Waals surface area contributed by atoms with Crippen LogP contribution in [-0.2, 0) is 0 Å². The van der Waals surface area contributed by atoms with Gasteiger partial charge in [0, 0.05) is 23.5 Å². The van der Waals surface area contributed by atoms with E-state index in [0.29, 0.717) is 28.1 Å². The highest BCUT2D eigenvalue weighted by Gasteiger charge is 2.21. The van der Waals surface area contributed by atoms with Crippen LogP contribution in [0.5, 0.6) is 5.75 Å². The third-order valence-electron chi connectivity index (χ3n) is 6.21. The van der Waals surface area contributed by atoms with Crippen LogP contribution in [0.3, 0.4) is 0 Å². The number of phenolic OH excluding ortho intramolecular Hbond substituents is 1. The number of benzene rings is 3. The molecule has 0 bridgehead atoms. The molecule has 0 radical (unpaired) electrons. The van der Waals surface area contributed by atoms with Crippen LogP contribution in [-0.4, -0.2) is 30.8 Å².